The van der Waals surface area contributed by atoms with E-state index in [1.165, 1.54) is 6.07 Å². The van der Waals surface area contributed by atoms with Crippen LogP contribution in [0.25, 0.3) is 0 Å². The number of hydrogen-bond acceptors (Lipinski definition) is 3. The third-order valence-electron chi connectivity index (χ3n) is 2.02. The Bertz CT molecular complexity index is 448. The van der Waals surface area contributed by atoms with Crippen LogP contribution in [0.4, 0.5) is 15.8 Å². The first-order chi connectivity index (χ1) is 7.69. The molecule has 0 aliphatic carbocycles. The van der Waals surface area contributed by atoms with E-state index in [1.807, 2.05) is 0 Å². The Kier molecular flexibility index (Phi) is 2.72. The number of halogens is 1. The number of fused-ring (bicyclic) bond motifs is 1. The summed E-state index contributed by atoms with van der Waals surface area (Å²) in [6.07, 6.45) is 0. The van der Waals surface area contributed by atoms with E-state index < -0.39 is 12.6 Å². The van der Waals surface area contributed by atoms with Crippen LogP contribution in [0.1, 0.15) is 0 Å². The first kappa shape index (κ1) is 10.4. The molecule has 16 heavy (non-hydrogen) atoms. The van der Waals surface area contributed by atoms with Crippen LogP contribution in [-0.4, -0.2) is 25.1 Å². The van der Waals surface area contributed by atoms with Crippen molar-refractivity contribution < 1.29 is 18.7 Å². The van der Waals surface area contributed by atoms with E-state index in [0.717, 1.165) is 0 Å². The van der Waals surface area contributed by atoms with Crippen molar-refractivity contribution in [1.82, 2.24) is 0 Å². The molecule has 2 N–H and O–H groups in total. The Morgan fingerprint density at radius 1 is 1.56 bits per heavy atom. The molecule has 0 atom stereocenters. The van der Waals surface area contributed by atoms with Gasteiger partial charge in [0.25, 0.3) is 11.8 Å². The van der Waals surface area contributed by atoms with Gasteiger partial charge in [0.05, 0.1) is 5.69 Å². The van der Waals surface area contributed by atoms with Gasteiger partial charge < -0.3 is 15.4 Å². The van der Waals surface area contributed by atoms with Crippen LogP contribution in [0, 0.1) is 0 Å². The highest BCUT2D eigenvalue weighted by Gasteiger charge is 2.16. The van der Waals surface area contributed by atoms with Crippen LogP contribution < -0.4 is 15.4 Å². The number of alkyl halides is 1. The van der Waals surface area contributed by atoms with Gasteiger partial charge in [-0.25, -0.2) is 4.39 Å². The summed E-state index contributed by atoms with van der Waals surface area (Å²) in [5.74, 6) is -0.470. The van der Waals surface area contributed by atoms with E-state index in [4.69, 9.17) is 4.74 Å². The highest BCUT2D eigenvalue weighted by molar-refractivity contribution is 5.97. The average molecular weight is 224 g/mol. The topological polar surface area (TPSA) is 67.4 Å². The summed E-state index contributed by atoms with van der Waals surface area (Å²) in [7, 11) is 0. The van der Waals surface area contributed by atoms with Gasteiger partial charge in [-0.2, -0.15) is 0 Å². The van der Waals surface area contributed by atoms with E-state index in [-0.39, 0.29) is 12.5 Å². The van der Waals surface area contributed by atoms with Crippen molar-refractivity contribution in [2.75, 3.05) is 23.9 Å². The van der Waals surface area contributed by atoms with Crippen molar-refractivity contribution in [3.05, 3.63) is 18.2 Å². The van der Waals surface area contributed by atoms with Crippen molar-refractivity contribution in [1.29, 1.82) is 0 Å². The molecule has 0 spiro atoms. The second-order valence-corrected chi connectivity index (χ2v) is 3.23. The average Bonchev–Trinajstić information content (AvgIpc) is 2.28. The maximum Gasteiger partial charge on any atom is 0.262 e. The van der Waals surface area contributed by atoms with Crippen molar-refractivity contribution in [2.45, 2.75) is 0 Å². The highest BCUT2D eigenvalue weighted by Crippen LogP contribution is 2.30. The largest absolute Gasteiger partial charge is 0.482 e. The zero-order valence-corrected chi connectivity index (χ0v) is 8.25. The fourth-order valence-corrected chi connectivity index (χ4v) is 1.36. The lowest BCUT2D eigenvalue weighted by molar-refractivity contribution is -0.118. The lowest BCUT2D eigenvalue weighted by atomic mass is 10.2. The van der Waals surface area contributed by atoms with Gasteiger partial charge in [-0.15, -0.1) is 0 Å². The number of nitrogens with one attached hydrogen (secondary N) is 2. The van der Waals surface area contributed by atoms with Gasteiger partial charge in [0.2, 0.25) is 0 Å². The van der Waals surface area contributed by atoms with Gasteiger partial charge in [0.15, 0.2) is 13.3 Å². The summed E-state index contributed by atoms with van der Waals surface area (Å²) in [5.41, 5.74) is 0.875. The number of ether oxygens (including phenoxy) is 1. The van der Waals surface area contributed by atoms with E-state index in [0.29, 0.717) is 17.1 Å². The Morgan fingerprint density at radius 3 is 3.12 bits per heavy atom. The predicted molar refractivity (Wildman–Crippen MR) is 55.2 cm³/mol. The fraction of sp³-hybridized carbons (Fsp3) is 0.200. The molecule has 0 fully saturated rings. The lowest BCUT2D eigenvalue weighted by Crippen LogP contribution is -2.25. The third-order valence-corrected chi connectivity index (χ3v) is 2.02. The van der Waals surface area contributed by atoms with E-state index in [1.54, 1.807) is 12.1 Å². The van der Waals surface area contributed by atoms with Crippen LogP contribution >= 0.6 is 0 Å². The number of anilines is 2. The van der Waals surface area contributed by atoms with Gasteiger partial charge in [-0.1, -0.05) is 0 Å². The summed E-state index contributed by atoms with van der Waals surface area (Å²) >= 11 is 0. The molecule has 84 valence electrons. The molecule has 2 amide bonds. The summed E-state index contributed by atoms with van der Waals surface area (Å²) in [6, 6.07) is 4.69. The molecule has 1 aromatic rings. The molecule has 0 aromatic heterocycles. The predicted octanol–water partition coefficient (Wildman–Crippen LogP) is 0.925. The number of benzene rings is 1. The summed E-state index contributed by atoms with van der Waals surface area (Å²) in [6.45, 7) is -1.11. The third kappa shape index (κ3) is 2.10. The van der Waals surface area contributed by atoms with Gasteiger partial charge in [0, 0.05) is 5.69 Å². The van der Waals surface area contributed by atoms with Crippen LogP contribution in [0.5, 0.6) is 5.75 Å². The molecule has 5 nitrogen and oxygen atoms in total. The molecule has 1 aliphatic heterocycles. The molecule has 0 saturated carbocycles. The van der Waals surface area contributed by atoms with Crippen molar-refractivity contribution in [2.24, 2.45) is 0 Å². The van der Waals surface area contributed by atoms with Crippen LogP contribution in [-0.2, 0) is 9.59 Å². The minimum Gasteiger partial charge on any atom is -0.482 e. The molecule has 2 rings (SSSR count). The Labute approximate surface area is 90.6 Å². The van der Waals surface area contributed by atoms with E-state index in [2.05, 4.69) is 10.6 Å². The minimum atomic E-state index is -1.08. The Hall–Kier alpha value is -2.11. The number of hydrogen-bond donors (Lipinski definition) is 2. The summed E-state index contributed by atoms with van der Waals surface area (Å²) in [4.78, 5) is 21.8. The SMILES string of the molecule is O=C(CF)Nc1ccc2c(c1)NC(=O)CO2. The van der Waals surface area contributed by atoms with Gasteiger partial charge in [0.1, 0.15) is 5.75 Å². The van der Waals surface area contributed by atoms with Crippen molar-refractivity contribution >= 4 is 23.2 Å². The van der Waals surface area contributed by atoms with Gasteiger partial charge >= 0.3 is 0 Å². The lowest BCUT2D eigenvalue weighted by Gasteiger charge is -2.18. The zero-order valence-electron chi connectivity index (χ0n) is 8.25. The molecule has 1 aliphatic rings. The normalized spacial score (nSPS) is 13.4. The monoisotopic (exact) mass is 224 g/mol. The van der Waals surface area contributed by atoms with E-state index >= 15 is 0 Å². The number of amides is 2. The fourth-order valence-electron chi connectivity index (χ4n) is 1.36. The zero-order chi connectivity index (χ0) is 11.5. The molecule has 0 bridgehead atoms. The smallest absolute Gasteiger partial charge is 0.262 e. The maximum atomic E-state index is 12.0. The van der Waals surface area contributed by atoms with E-state index in [9.17, 15) is 14.0 Å². The highest BCUT2D eigenvalue weighted by atomic mass is 19.1. The minimum absolute atomic E-state index is 0.0246. The molecule has 0 radical (unpaired) electrons. The van der Waals surface area contributed by atoms with Gasteiger partial charge in [-0.05, 0) is 18.2 Å². The molecular weight excluding hydrogens is 215 g/mol. The molecule has 0 unspecified atom stereocenters. The first-order valence-electron chi connectivity index (χ1n) is 4.61. The molecular formula is C10H9FN2O3. The standard InChI is InChI=1S/C10H9FN2O3/c11-4-9(14)12-6-1-2-8-7(3-6)13-10(15)5-16-8/h1-3H,4-5H2,(H,12,14)(H,13,15). The summed E-state index contributed by atoms with van der Waals surface area (Å²) in [5, 5.41) is 4.92. The number of carbonyl (C=O) groups is 2. The Balaban J connectivity index is 2.21. The van der Waals surface area contributed by atoms with Crippen molar-refractivity contribution in [3.63, 3.8) is 0 Å². The quantitative estimate of drug-likeness (QED) is 0.785. The number of carbonyl (C=O) groups excluding carboxylic acids is 2. The maximum absolute atomic E-state index is 12.0. The van der Waals surface area contributed by atoms with Crippen molar-refractivity contribution in [3.8, 4) is 5.75 Å². The molecule has 1 heterocycles. The Morgan fingerprint density at radius 2 is 2.38 bits per heavy atom. The van der Waals surface area contributed by atoms with Gasteiger partial charge in [-0.3, -0.25) is 9.59 Å². The second kappa shape index (κ2) is 4.18. The molecule has 0 saturated heterocycles. The second-order valence-electron chi connectivity index (χ2n) is 3.23. The summed E-state index contributed by atoms with van der Waals surface area (Å²) < 4.78 is 17.1. The molecule has 1 aromatic carbocycles. The van der Waals surface area contributed by atoms with Crippen LogP contribution in [0.15, 0.2) is 18.2 Å². The number of rotatable bonds is 2. The van der Waals surface area contributed by atoms with Crippen LogP contribution in [0.3, 0.4) is 0 Å². The molecule has 6 heteroatoms. The first-order valence-corrected chi connectivity index (χ1v) is 4.61. The van der Waals surface area contributed by atoms with Crippen LogP contribution in [0.2, 0.25) is 0 Å².